The Morgan fingerprint density at radius 2 is 2.42 bits per heavy atom. The van der Waals surface area contributed by atoms with E-state index in [1.165, 1.54) is 7.11 Å². The summed E-state index contributed by atoms with van der Waals surface area (Å²) in [4.78, 5) is 12.0. The van der Waals surface area contributed by atoms with Crippen LogP contribution in [0.15, 0.2) is 18.2 Å². The molecule has 0 bridgehead atoms. The van der Waals surface area contributed by atoms with Gasteiger partial charge in [0.15, 0.2) is 0 Å². The number of benzene rings is 1. The summed E-state index contributed by atoms with van der Waals surface area (Å²) in [7, 11) is 1.52. The highest BCUT2D eigenvalue weighted by molar-refractivity contribution is 5.99. The summed E-state index contributed by atoms with van der Waals surface area (Å²) in [5.74, 6) is 0.221. The van der Waals surface area contributed by atoms with Crippen molar-refractivity contribution in [2.24, 2.45) is 0 Å². The van der Waals surface area contributed by atoms with E-state index in [1.54, 1.807) is 18.2 Å². The van der Waals surface area contributed by atoms with Gasteiger partial charge >= 0.3 is 0 Å². The highest BCUT2D eigenvalue weighted by atomic mass is 16.5. The average molecular weight is 266 g/mol. The zero-order valence-electron chi connectivity index (χ0n) is 10.8. The summed E-state index contributed by atoms with van der Waals surface area (Å²) in [6.45, 7) is 0.886. The zero-order chi connectivity index (χ0) is 13.9. The second-order valence-electron chi connectivity index (χ2n) is 4.66. The van der Waals surface area contributed by atoms with E-state index in [2.05, 4.69) is 5.32 Å². The lowest BCUT2D eigenvalue weighted by molar-refractivity contribution is 0.0265. The lowest BCUT2D eigenvalue weighted by Gasteiger charge is -2.20. The summed E-state index contributed by atoms with van der Waals surface area (Å²) in [6.07, 6.45) is 0.515. The monoisotopic (exact) mass is 266 g/mol. The van der Waals surface area contributed by atoms with Crippen LogP contribution in [0, 0.1) is 0 Å². The van der Waals surface area contributed by atoms with Crippen LogP contribution in [-0.2, 0) is 4.74 Å². The molecule has 0 aliphatic carbocycles. The summed E-state index contributed by atoms with van der Waals surface area (Å²) < 4.78 is 10.2. The molecule has 19 heavy (non-hydrogen) atoms. The molecule has 6 heteroatoms. The molecule has 0 aromatic heterocycles. The second kappa shape index (κ2) is 5.46. The highest BCUT2D eigenvalue weighted by Gasteiger charge is 2.32. The van der Waals surface area contributed by atoms with Gasteiger partial charge in [0.1, 0.15) is 11.4 Å². The van der Waals surface area contributed by atoms with Gasteiger partial charge in [0, 0.05) is 25.3 Å². The Labute approximate surface area is 111 Å². The SMILES string of the molecule is COc1ccc(N)c(C(=O)NCC2(O)CCOC2)c1. The van der Waals surface area contributed by atoms with Gasteiger partial charge in [-0.1, -0.05) is 0 Å². The fourth-order valence-corrected chi connectivity index (χ4v) is 1.93. The van der Waals surface area contributed by atoms with Gasteiger partial charge < -0.3 is 25.6 Å². The molecule has 0 spiro atoms. The third-order valence-corrected chi connectivity index (χ3v) is 3.17. The van der Waals surface area contributed by atoms with E-state index < -0.39 is 5.60 Å². The number of nitrogens with one attached hydrogen (secondary N) is 1. The van der Waals surface area contributed by atoms with Gasteiger partial charge in [-0.25, -0.2) is 0 Å². The van der Waals surface area contributed by atoms with E-state index in [4.69, 9.17) is 15.2 Å². The van der Waals surface area contributed by atoms with Gasteiger partial charge in [-0.2, -0.15) is 0 Å². The third-order valence-electron chi connectivity index (χ3n) is 3.17. The maximum Gasteiger partial charge on any atom is 0.253 e. The summed E-state index contributed by atoms with van der Waals surface area (Å²) >= 11 is 0. The van der Waals surface area contributed by atoms with Crippen LogP contribution in [0.2, 0.25) is 0 Å². The number of carbonyl (C=O) groups excluding carboxylic acids is 1. The Balaban J connectivity index is 2.03. The largest absolute Gasteiger partial charge is 0.497 e. The summed E-state index contributed by atoms with van der Waals surface area (Å²) in [5.41, 5.74) is 5.48. The second-order valence-corrected chi connectivity index (χ2v) is 4.66. The molecule has 1 amide bonds. The highest BCUT2D eigenvalue weighted by Crippen LogP contribution is 2.20. The van der Waals surface area contributed by atoms with Crippen molar-refractivity contribution >= 4 is 11.6 Å². The van der Waals surface area contributed by atoms with E-state index in [9.17, 15) is 9.90 Å². The summed E-state index contributed by atoms with van der Waals surface area (Å²) in [6, 6.07) is 4.87. The fourth-order valence-electron chi connectivity index (χ4n) is 1.93. The van der Waals surface area contributed by atoms with Crippen LogP contribution in [-0.4, -0.2) is 43.5 Å². The first kappa shape index (κ1) is 13.6. The number of carbonyl (C=O) groups is 1. The Kier molecular flexibility index (Phi) is 3.92. The molecule has 1 aliphatic heterocycles. The number of nitrogens with two attached hydrogens (primary N) is 1. The van der Waals surface area contributed by atoms with Crippen molar-refractivity contribution in [3.05, 3.63) is 23.8 Å². The summed E-state index contributed by atoms with van der Waals surface area (Å²) in [5, 5.41) is 12.7. The molecule has 1 aliphatic rings. The standard InChI is InChI=1S/C13H18N2O4/c1-18-9-2-3-11(14)10(6-9)12(16)15-7-13(17)4-5-19-8-13/h2-3,6,17H,4-5,7-8,14H2,1H3,(H,15,16). The van der Waals surface area contributed by atoms with E-state index in [0.717, 1.165) is 0 Å². The molecular formula is C13H18N2O4. The van der Waals surface area contributed by atoms with Crippen molar-refractivity contribution in [3.63, 3.8) is 0 Å². The smallest absolute Gasteiger partial charge is 0.253 e. The van der Waals surface area contributed by atoms with Crippen molar-refractivity contribution in [2.45, 2.75) is 12.0 Å². The van der Waals surface area contributed by atoms with Crippen LogP contribution >= 0.6 is 0 Å². The first-order valence-electron chi connectivity index (χ1n) is 6.06. The Bertz CT molecular complexity index is 470. The van der Waals surface area contributed by atoms with Crippen molar-refractivity contribution in [2.75, 3.05) is 32.6 Å². The van der Waals surface area contributed by atoms with Crippen molar-refractivity contribution in [1.82, 2.24) is 5.32 Å². The number of aliphatic hydroxyl groups is 1. The fraction of sp³-hybridized carbons (Fsp3) is 0.462. The first-order valence-corrected chi connectivity index (χ1v) is 6.06. The average Bonchev–Trinajstić information content (AvgIpc) is 2.84. The molecule has 1 unspecified atom stereocenters. The van der Waals surface area contributed by atoms with Gasteiger partial charge in [0.2, 0.25) is 0 Å². The van der Waals surface area contributed by atoms with Crippen LogP contribution in [0.1, 0.15) is 16.8 Å². The van der Waals surface area contributed by atoms with Gasteiger partial charge in [-0.15, -0.1) is 0 Å². The minimum atomic E-state index is -0.983. The first-order chi connectivity index (χ1) is 9.04. The third kappa shape index (κ3) is 3.15. The minimum absolute atomic E-state index is 0.141. The molecule has 1 heterocycles. The lowest BCUT2D eigenvalue weighted by Crippen LogP contribution is -2.43. The number of ether oxygens (including phenoxy) is 2. The van der Waals surface area contributed by atoms with Crippen LogP contribution in [0.4, 0.5) is 5.69 Å². The molecule has 4 N–H and O–H groups in total. The minimum Gasteiger partial charge on any atom is -0.497 e. The van der Waals surface area contributed by atoms with Gasteiger partial charge in [-0.3, -0.25) is 4.79 Å². The number of nitrogen functional groups attached to an aromatic ring is 1. The molecular weight excluding hydrogens is 248 g/mol. The number of anilines is 1. The Hall–Kier alpha value is -1.79. The molecule has 1 aromatic rings. The molecule has 104 valence electrons. The number of methoxy groups -OCH3 is 1. The predicted molar refractivity (Wildman–Crippen MR) is 70.1 cm³/mol. The van der Waals surface area contributed by atoms with E-state index >= 15 is 0 Å². The van der Waals surface area contributed by atoms with E-state index in [0.29, 0.717) is 30.0 Å². The maximum atomic E-state index is 12.0. The molecule has 1 aromatic carbocycles. The van der Waals surface area contributed by atoms with Crippen LogP contribution in [0.5, 0.6) is 5.75 Å². The van der Waals surface area contributed by atoms with Crippen molar-refractivity contribution < 1.29 is 19.4 Å². The number of amides is 1. The van der Waals surface area contributed by atoms with E-state index in [1.807, 2.05) is 0 Å². The molecule has 0 radical (unpaired) electrons. The normalized spacial score (nSPS) is 22.2. The molecule has 1 fully saturated rings. The quantitative estimate of drug-likeness (QED) is 0.675. The Morgan fingerprint density at radius 3 is 3.05 bits per heavy atom. The number of hydrogen-bond donors (Lipinski definition) is 3. The van der Waals surface area contributed by atoms with Crippen molar-refractivity contribution in [3.8, 4) is 5.75 Å². The van der Waals surface area contributed by atoms with Gasteiger partial charge in [0.25, 0.3) is 5.91 Å². The van der Waals surface area contributed by atoms with Crippen LogP contribution < -0.4 is 15.8 Å². The number of rotatable bonds is 4. The molecule has 1 saturated heterocycles. The molecule has 0 saturated carbocycles. The van der Waals surface area contributed by atoms with Crippen LogP contribution in [0.3, 0.4) is 0 Å². The van der Waals surface area contributed by atoms with Crippen LogP contribution in [0.25, 0.3) is 0 Å². The van der Waals surface area contributed by atoms with Gasteiger partial charge in [0.05, 0.1) is 19.3 Å². The van der Waals surface area contributed by atoms with Gasteiger partial charge in [-0.05, 0) is 18.2 Å². The molecule has 6 nitrogen and oxygen atoms in total. The van der Waals surface area contributed by atoms with Crippen molar-refractivity contribution in [1.29, 1.82) is 0 Å². The maximum absolute atomic E-state index is 12.0. The lowest BCUT2D eigenvalue weighted by atomic mass is 10.0. The van der Waals surface area contributed by atoms with E-state index in [-0.39, 0.29) is 19.1 Å². The zero-order valence-corrected chi connectivity index (χ0v) is 10.8. The Morgan fingerprint density at radius 1 is 1.63 bits per heavy atom. The molecule has 2 rings (SSSR count). The number of hydrogen-bond acceptors (Lipinski definition) is 5. The predicted octanol–water partition coefficient (Wildman–Crippen LogP) is 0.159. The topological polar surface area (TPSA) is 93.8 Å². The molecule has 1 atom stereocenters.